The van der Waals surface area contributed by atoms with E-state index in [-0.39, 0.29) is 18.8 Å². The van der Waals surface area contributed by atoms with Crippen molar-refractivity contribution < 1.29 is 19.6 Å². The first kappa shape index (κ1) is 20.4. The van der Waals surface area contributed by atoms with E-state index in [0.717, 1.165) is 16.3 Å². The second-order valence-electron chi connectivity index (χ2n) is 6.94. The molecular weight excluding hydrogens is 346 g/mol. The average molecular weight is 371 g/mol. The summed E-state index contributed by atoms with van der Waals surface area (Å²) >= 11 is 0. The largest absolute Gasteiger partial charge is 0.368 e. The average Bonchev–Trinajstić information content (AvgIpc) is 2.64. The van der Waals surface area contributed by atoms with Crippen molar-refractivity contribution in [1.82, 2.24) is 10.8 Å². The van der Waals surface area contributed by atoms with Crippen LogP contribution >= 0.6 is 0 Å². The first-order chi connectivity index (χ1) is 12.8. The molecule has 0 aromatic heterocycles. The Hall–Kier alpha value is -2.93. The molecule has 0 heterocycles. The van der Waals surface area contributed by atoms with E-state index in [1.54, 1.807) is 13.8 Å². The number of amides is 3. The van der Waals surface area contributed by atoms with Gasteiger partial charge in [0.1, 0.15) is 6.04 Å². The second-order valence-corrected chi connectivity index (χ2v) is 6.94. The van der Waals surface area contributed by atoms with Crippen LogP contribution in [0.2, 0.25) is 0 Å². The molecule has 0 aliphatic carbocycles. The van der Waals surface area contributed by atoms with Crippen LogP contribution in [0.5, 0.6) is 0 Å². The molecule has 2 atom stereocenters. The fraction of sp³-hybridized carbons (Fsp3) is 0.350. The first-order valence-electron chi connectivity index (χ1n) is 8.82. The van der Waals surface area contributed by atoms with Gasteiger partial charge in [-0.1, -0.05) is 56.3 Å². The molecule has 0 aliphatic heterocycles. The summed E-state index contributed by atoms with van der Waals surface area (Å²) < 4.78 is 0. The Labute approximate surface area is 157 Å². The molecule has 3 amide bonds. The minimum Gasteiger partial charge on any atom is -0.368 e. The zero-order valence-corrected chi connectivity index (χ0v) is 15.4. The lowest BCUT2D eigenvalue weighted by Crippen LogP contribution is -2.49. The summed E-state index contributed by atoms with van der Waals surface area (Å²) in [7, 11) is 0. The molecule has 2 aromatic rings. The molecule has 5 N–H and O–H groups in total. The van der Waals surface area contributed by atoms with Crippen molar-refractivity contribution in [2.45, 2.75) is 32.7 Å². The van der Waals surface area contributed by atoms with Crippen molar-refractivity contribution in [1.29, 1.82) is 0 Å². The number of hydroxylamine groups is 1. The molecule has 0 fully saturated rings. The summed E-state index contributed by atoms with van der Waals surface area (Å²) in [5, 5.41) is 13.5. The number of carbonyl (C=O) groups excluding carboxylic acids is 3. The summed E-state index contributed by atoms with van der Waals surface area (Å²) in [5.74, 6) is -2.59. The van der Waals surface area contributed by atoms with E-state index < -0.39 is 29.7 Å². The predicted molar refractivity (Wildman–Crippen MR) is 102 cm³/mol. The molecule has 2 rings (SSSR count). The van der Waals surface area contributed by atoms with Gasteiger partial charge in [-0.3, -0.25) is 19.6 Å². The van der Waals surface area contributed by atoms with Gasteiger partial charge in [0.25, 0.3) is 0 Å². The number of hydrogen-bond acceptors (Lipinski definition) is 4. The fourth-order valence-electron chi connectivity index (χ4n) is 2.98. The standard InChI is InChI=1S/C20H25N3O4/c1-12(2)16(11-18(24)23-27)20(26)22-17(19(21)25)10-13-7-8-14-5-3-4-6-15(14)9-13/h3-9,12,16-17,27H,10-11H2,1-2H3,(H2,21,25)(H,22,26)(H,23,24)/t16?,17-/m0/s1. The third kappa shape index (κ3) is 5.52. The zero-order chi connectivity index (χ0) is 20.0. The number of primary amides is 1. The van der Waals surface area contributed by atoms with E-state index in [4.69, 9.17) is 10.9 Å². The normalized spacial score (nSPS) is 13.2. The molecule has 0 spiro atoms. The zero-order valence-electron chi connectivity index (χ0n) is 15.4. The van der Waals surface area contributed by atoms with Crippen molar-refractivity contribution in [3.05, 3.63) is 48.0 Å². The second kappa shape index (κ2) is 9.14. The quantitative estimate of drug-likeness (QED) is 0.415. The molecule has 0 aliphatic rings. The van der Waals surface area contributed by atoms with Gasteiger partial charge in [0.05, 0.1) is 0 Å². The third-order valence-corrected chi connectivity index (χ3v) is 4.59. The van der Waals surface area contributed by atoms with Crippen LogP contribution in [0, 0.1) is 11.8 Å². The number of hydrogen-bond donors (Lipinski definition) is 4. The van der Waals surface area contributed by atoms with E-state index in [1.165, 1.54) is 5.48 Å². The SMILES string of the molecule is CC(C)C(CC(=O)NO)C(=O)N[C@@H](Cc1ccc2ccccc2c1)C(N)=O. The molecule has 0 saturated carbocycles. The minimum atomic E-state index is -0.892. The van der Waals surface area contributed by atoms with Gasteiger partial charge in [-0.05, 0) is 22.3 Å². The predicted octanol–water partition coefficient (Wildman–Crippen LogP) is 1.52. The Kier molecular flexibility index (Phi) is 6.90. The van der Waals surface area contributed by atoms with E-state index in [0.29, 0.717) is 0 Å². The lowest BCUT2D eigenvalue weighted by atomic mass is 9.90. The molecule has 0 radical (unpaired) electrons. The topological polar surface area (TPSA) is 122 Å². The van der Waals surface area contributed by atoms with Gasteiger partial charge >= 0.3 is 0 Å². The van der Waals surface area contributed by atoms with Gasteiger partial charge in [0.2, 0.25) is 17.7 Å². The lowest BCUT2D eigenvalue weighted by Gasteiger charge is -2.23. The van der Waals surface area contributed by atoms with Crippen molar-refractivity contribution in [3.8, 4) is 0 Å². The molecule has 27 heavy (non-hydrogen) atoms. The molecule has 7 heteroatoms. The van der Waals surface area contributed by atoms with Crippen LogP contribution in [0.15, 0.2) is 42.5 Å². The highest BCUT2D eigenvalue weighted by Gasteiger charge is 2.28. The molecule has 0 saturated heterocycles. The van der Waals surface area contributed by atoms with Crippen molar-refractivity contribution in [3.63, 3.8) is 0 Å². The number of fused-ring (bicyclic) bond motifs is 1. The molecule has 2 aromatic carbocycles. The van der Waals surface area contributed by atoms with E-state index in [9.17, 15) is 14.4 Å². The first-order valence-corrected chi connectivity index (χ1v) is 8.82. The maximum Gasteiger partial charge on any atom is 0.244 e. The molecule has 1 unspecified atom stereocenters. The Bertz CT molecular complexity index is 835. The smallest absolute Gasteiger partial charge is 0.244 e. The molecule has 0 bridgehead atoms. The third-order valence-electron chi connectivity index (χ3n) is 4.59. The number of nitrogens with two attached hydrogens (primary N) is 1. The maximum atomic E-state index is 12.6. The van der Waals surface area contributed by atoms with Crippen LogP contribution in [0.1, 0.15) is 25.8 Å². The summed E-state index contributed by atoms with van der Waals surface area (Å²) in [5.41, 5.74) is 7.87. The summed E-state index contributed by atoms with van der Waals surface area (Å²) in [6.45, 7) is 3.58. The van der Waals surface area contributed by atoms with Crippen LogP contribution in [0.25, 0.3) is 10.8 Å². The Morgan fingerprint density at radius 3 is 2.33 bits per heavy atom. The highest BCUT2D eigenvalue weighted by Crippen LogP contribution is 2.18. The van der Waals surface area contributed by atoms with Gasteiger partial charge in [-0.2, -0.15) is 0 Å². The lowest BCUT2D eigenvalue weighted by molar-refractivity contribution is -0.137. The van der Waals surface area contributed by atoms with Crippen LogP contribution in [-0.4, -0.2) is 29.0 Å². The van der Waals surface area contributed by atoms with Gasteiger partial charge in [0.15, 0.2) is 0 Å². The van der Waals surface area contributed by atoms with E-state index >= 15 is 0 Å². The van der Waals surface area contributed by atoms with Gasteiger partial charge < -0.3 is 11.1 Å². The highest BCUT2D eigenvalue weighted by atomic mass is 16.5. The maximum absolute atomic E-state index is 12.6. The Morgan fingerprint density at radius 2 is 1.74 bits per heavy atom. The number of nitrogens with one attached hydrogen (secondary N) is 2. The summed E-state index contributed by atoms with van der Waals surface area (Å²) in [4.78, 5) is 35.9. The monoisotopic (exact) mass is 371 g/mol. The Balaban J connectivity index is 2.14. The highest BCUT2D eigenvalue weighted by molar-refractivity contribution is 5.90. The van der Waals surface area contributed by atoms with Crippen LogP contribution in [0.4, 0.5) is 0 Å². The van der Waals surface area contributed by atoms with Gasteiger partial charge in [-0.25, -0.2) is 5.48 Å². The van der Waals surface area contributed by atoms with E-state index in [1.807, 2.05) is 42.5 Å². The van der Waals surface area contributed by atoms with Crippen molar-refractivity contribution >= 4 is 28.5 Å². The van der Waals surface area contributed by atoms with Crippen LogP contribution in [0.3, 0.4) is 0 Å². The van der Waals surface area contributed by atoms with Gasteiger partial charge in [0, 0.05) is 18.8 Å². The number of benzene rings is 2. The summed E-state index contributed by atoms with van der Waals surface area (Å²) in [6, 6.07) is 12.7. The number of carbonyl (C=O) groups is 3. The van der Waals surface area contributed by atoms with Crippen LogP contribution < -0.4 is 16.5 Å². The van der Waals surface area contributed by atoms with Crippen LogP contribution in [-0.2, 0) is 20.8 Å². The molecule has 7 nitrogen and oxygen atoms in total. The van der Waals surface area contributed by atoms with Gasteiger partial charge in [-0.15, -0.1) is 0 Å². The summed E-state index contributed by atoms with van der Waals surface area (Å²) in [6.07, 6.45) is 0.0738. The fourth-order valence-corrected chi connectivity index (χ4v) is 2.98. The minimum absolute atomic E-state index is 0.156. The van der Waals surface area contributed by atoms with Crippen molar-refractivity contribution in [2.24, 2.45) is 17.6 Å². The van der Waals surface area contributed by atoms with Crippen molar-refractivity contribution in [2.75, 3.05) is 0 Å². The van der Waals surface area contributed by atoms with E-state index in [2.05, 4.69) is 5.32 Å². The Morgan fingerprint density at radius 1 is 1.07 bits per heavy atom. The molecule has 144 valence electrons. The molecular formula is C20H25N3O4. The number of rotatable bonds is 8.